The van der Waals surface area contributed by atoms with Gasteiger partial charge in [0.1, 0.15) is 5.82 Å². The van der Waals surface area contributed by atoms with E-state index in [9.17, 15) is 9.18 Å². The molecule has 0 bridgehead atoms. The third kappa shape index (κ3) is 2.99. The van der Waals surface area contributed by atoms with E-state index in [4.69, 9.17) is 0 Å². The number of benzene rings is 1. The Labute approximate surface area is 124 Å². The standard InChI is InChI=1S/C12H8Br2FNOS/c1-6-2-3-9(8(15)4-6)16-12(17)10-5-7(13)11(14)18-10/h2-5H,1H3,(H,16,17). The van der Waals surface area contributed by atoms with Gasteiger partial charge in [-0.3, -0.25) is 4.79 Å². The number of amides is 1. The molecule has 1 heterocycles. The fourth-order valence-electron chi connectivity index (χ4n) is 1.36. The molecule has 1 N–H and O–H groups in total. The van der Waals surface area contributed by atoms with E-state index < -0.39 is 5.82 Å². The molecule has 1 aromatic heterocycles. The SMILES string of the molecule is Cc1ccc(NC(=O)c2cc(Br)c(Br)s2)c(F)c1. The van der Waals surface area contributed by atoms with E-state index in [-0.39, 0.29) is 11.6 Å². The van der Waals surface area contributed by atoms with Crippen molar-refractivity contribution in [2.75, 3.05) is 5.32 Å². The van der Waals surface area contributed by atoms with Gasteiger partial charge in [0.05, 0.1) is 14.4 Å². The molecule has 94 valence electrons. The van der Waals surface area contributed by atoms with Crippen molar-refractivity contribution in [3.8, 4) is 0 Å². The fraction of sp³-hybridized carbons (Fsp3) is 0.0833. The summed E-state index contributed by atoms with van der Waals surface area (Å²) < 4.78 is 15.2. The number of anilines is 1. The second kappa shape index (κ2) is 5.50. The summed E-state index contributed by atoms with van der Waals surface area (Å²) in [7, 11) is 0. The molecule has 2 rings (SSSR count). The van der Waals surface area contributed by atoms with Crippen LogP contribution in [-0.2, 0) is 0 Å². The molecule has 18 heavy (non-hydrogen) atoms. The lowest BCUT2D eigenvalue weighted by Gasteiger charge is -2.05. The highest BCUT2D eigenvalue weighted by atomic mass is 79.9. The van der Waals surface area contributed by atoms with Gasteiger partial charge in [0, 0.05) is 4.47 Å². The molecule has 0 saturated carbocycles. The molecule has 2 aromatic rings. The molecule has 0 aliphatic rings. The first-order valence-corrected chi connectivity index (χ1v) is 7.40. The van der Waals surface area contributed by atoms with Crippen LogP contribution in [-0.4, -0.2) is 5.91 Å². The van der Waals surface area contributed by atoms with E-state index in [1.54, 1.807) is 25.1 Å². The van der Waals surface area contributed by atoms with Crippen LogP contribution in [0.1, 0.15) is 15.2 Å². The second-order valence-corrected chi connectivity index (χ2v) is 6.89. The topological polar surface area (TPSA) is 29.1 Å². The van der Waals surface area contributed by atoms with Gasteiger partial charge in [-0.15, -0.1) is 11.3 Å². The maximum Gasteiger partial charge on any atom is 0.265 e. The zero-order valence-electron chi connectivity index (χ0n) is 9.26. The van der Waals surface area contributed by atoms with E-state index in [2.05, 4.69) is 37.2 Å². The lowest BCUT2D eigenvalue weighted by atomic mass is 10.2. The van der Waals surface area contributed by atoms with Crippen molar-refractivity contribution in [2.45, 2.75) is 6.92 Å². The minimum absolute atomic E-state index is 0.186. The number of nitrogens with one attached hydrogen (secondary N) is 1. The van der Waals surface area contributed by atoms with Gasteiger partial charge in [-0.2, -0.15) is 0 Å². The van der Waals surface area contributed by atoms with Crippen LogP contribution in [0.2, 0.25) is 0 Å². The number of rotatable bonds is 2. The van der Waals surface area contributed by atoms with Crippen molar-refractivity contribution < 1.29 is 9.18 Å². The Kier molecular flexibility index (Phi) is 4.19. The summed E-state index contributed by atoms with van der Waals surface area (Å²) >= 11 is 7.90. The van der Waals surface area contributed by atoms with Gasteiger partial charge in [-0.25, -0.2) is 4.39 Å². The summed E-state index contributed by atoms with van der Waals surface area (Å²) in [6.45, 7) is 1.79. The lowest BCUT2D eigenvalue weighted by Crippen LogP contribution is -2.11. The zero-order valence-corrected chi connectivity index (χ0v) is 13.2. The number of halogens is 3. The summed E-state index contributed by atoms with van der Waals surface area (Å²) in [6.07, 6.45) is 0. The van der Waals surface area contributed by atoms with Gasteiger partial charge in [-0.05, 0) is 62.5 Å². The summed E-state index contributed by atoms with van der Waals surface area (Å²) in [5.74, 6) is -0.757. The molecular weight excluding hydrogens is 385 g/mol. The van der Waals surface area contributed by atoms with E-state index >= 15 is 0 Å². The first-order chi connectivity index (χ1) is 8.47. The molecular formula is C12H8Br2FNOS. The van der Waals surface area contributed by atoms with Crippen molar-refractivity contribution >= 4 is 54.8 Å². The Hall–Kier alpha value is -0.720. The summed E-state index contributed by atoms with van der Waals surface area (Å²) in [6, 6.07) is 6.38. The number of hydrogen-bond acceptors (Lipinski definition) is 2. The van der Waals surface area contributed by atoms with Crippen LogP contribution in [0, 0.1) is 12.7 Å². The molecule has 1 aromatic carbocycles. The normalized spacial score (nSPS) is 10.4. The lowest BCUT2D eigenvalue weighted by molar-refractivity contribution is 0.103. The van der Waals surface area contributed by atoms with Crippen molar-refractivity contribution in [3.63, 3.8) is 0 Å². The molecule has 0 fully saturated rings. The Morgan fingerprint density at radius 1 is 1.33 bits per heavy atom. The molecule has 2 nitrogen and oxygen atoms in total. The van der Waals surface area contributed by atoms with Gasteiger partial charge in [0.2, 0.25) is 0 Å². The predicted octanol–water partition coefficient (Wildman–Crippen LogP) is 4.97. The molecule has 6 heteroatoms. The number of carbonyl (C=O) groups is 1. The first-order valence-electron chi connectivity index (χ1n) is 4.99. The van der Waals surface area contributed by atoms with Gasteiger partial charge in [0.15, 0.2) is 0 Å². The molecule has 0 atom stereocenters. The monoisotopic (exact) mass is 391 g/mol. The smallest absolute Gasteiger partial charge is 0.265 e. The van der Waals surface area contributed by atoms with E-state index in [1.165, 1.54) is 17.4 Å². The van der Waals surface area contributed by atoms with E-state index in [0.29, 0.717) is 4.88 Å². The Bertz CT molecular complexity index is 593. The van der Waals surface area contributed by atoms with Crippen molar-refractivity contribution in [3.05, 3.63) is 48.8 Å². The summed E-state index contributed by atoms with van der Waals surface area (Å²) in [4.78, 5) is 12.4. The molecule has 0 saturated heterocycles. The molecule has 1 amide bonds. The summed E-state index contributed by atoms with van der Waals surface area (Å²) in [5, 5.41) is 2.55. The van der Waals surface area contributed by atoms with Crippen LogP contribution in [0.4, 0.5) is 10.1 Å². The van der Waals surface area contributed by atoms with Crippen molar-refractivity contribution in [2.24, 2.45) is 0 Å². The average Bonchev–Trinajstić information content (AvgIpc) is 2.63. The van der Waals surface area contributed by atoms with Gasteiger partial charge in [0.25, 0.3) is 5.91 Å². The Morgan fingerprint density at radius 2 is 2.06 bits per heavy atom. The zero-order chi connectivity index (χ0) is 13.3. The average molecular weight is 393 g/mol. The molecule has 0 unspecified atom stereocenters. The van der Waals surface area contributed by atoms with Crippen LogP contribution < -0.4 is 5.32 Å². The van der Waals surface area contributed by atoms with Crippen LogP contribution in [0.3, 0.4) is 0 Å². The minimum Gasteiger partial charge on any atom is -0.319 e. The van der Waals surface area contributed by atoms with Gasteiger partial charge < -0.3 is 5.32 Å². The van der Waals surface area contributed by atoms with Crippen molar-refractivity contribution in [1.29, 1.82) is 0 Å². The second-order valence-electron chi connectivity index (χ2n) is 3.67. The van der Waals surface area contributed by atoms with E-state index in [1.807, 2.05) is 0 Å². The highest BCUT2D eigenvalue weighted by molar-refractivity contribution is 9.13. The van der Waals surface area contributed by atoms with E-state index in [0.717, 1.165) is 13.8 Å². The maximum absolute atomic E-state index is 13.6. The predicted molar refractivity (Wildman–Crippen MR) is 78.8 cm³/mol. The number of aryl methyl sites for hydroxylation is 1. The van der Waals surface area contributed by atoms with Crippen LogP contribution in [0.5, 0.6) is 0 Å². The highest BCUT2D eigenvalue weighted by Crippen LogP contribution is 2.32. The van der Waals surface area contributed by atoms with Crippen LogP contribution >= 0.6 is 43.2 Å². The van der Waals surface area contributed by atoms with Crippen LogP contribution in [0.15, 0.2) is 32.5 Å². The summed E-state index contributed by atoms with van der Waals surface area (Å²) in [5.41, 5.74) is 0.998. The minimum atomic E-state index is -0.432. The largest absolute Gasteiger partial charge is 0.319 e. The van der Waals surface area contributed by atoms with Gasteiger partial charge >= 0.3 is 0 Å². The number of hydrogen-bond donors (Lipinski definition) is 1. The molecule has 0 radical (unpaired) electrons. The molecule has 0 aliphatic carbocycles. The van der Waals surface area contributed by atoms with Crippen molar-refractivity contribution in [1.82, 2.24) is 0 Å². The quantitative estimate of drug-likeness (QED) is 0.767. The Morgan fingerprint density at radius 3 is 2.61 bits per heavy atom. The van der Waals surface area contributed by atoms with Crippen LogP contribution in [0.25, 0.3) is 0 Å². The number of carbonyl (C=O) groups excluding carboxylic acids is 1. The third-order valence-corrected chi connectivity index (χ3v) is 5.50. The molecule has 0 aliphatic heterocycles. The number of thiophene rings is 1. The fourth-order valence-corrected chi connectivity index (χ4v) is 3.29. The highest BCUT2D eigenvalue weighted by Gasteiger charge is 2.13. The third-order valence-electron chi connectivity index (χ3n) is 2.24. The van der Waals surface area contributed by atoms with Gasteiger partial charge in [-0.1, -0.05) is 6.07 Å². The molecule has 0 spiro atoms. The Balaban J connectivity index is 2.21. The maximum atomic E-state index is 13.6. The first kappa shape index (κ1) is 13.7.